The lowest BCUT2D eigenvalue weighted by atomic mass is 9.83. The van der Waals surface area contributed by atoms with Crippen LogP contribution in [0, 0.1) is 18.3 Å². The summed E-state index contributed by atoms with van der Waals surface area (Å²) in [6, 6.07) is 0. The Labute approximate surface area is 95.8 Å². The van der Waals surface area contributed by atoms with Gasteiger partial charge in [0.25, 0.3) is 0 Å². The van der Waals surface area contributed by atoms with Gasteiger partial charge in [-0.15, -0.1) is 0 Å². The van der Waals surface area contributed by atoms with Crippen LogP contribution < -0.4 is 0 Å². The Balaban J connectivity index is 1.62. The van der Waals surface area contributed by atoms with Crippen molar-refractivity contribution in [1.29, 1.82) is 0 Å². The van der Waals surface area contributed by atoms with E-state index in [1.165, 1.54) is 77.0 Å². The van der Waals surface area contributed by atoms with Crippen molar-refractivity contribution < 1.29 is 0 Å². The van der Waals surface area contributed by atoms with Crippen molar-refractivity contribution in [3.8, 4) is 0 Å². The molecule has 2 fully saturated rings. The van der Waals surface area contributed by atoms with E-state index in [0.717, 1.165) is 11.8 Å². The Hall–Kier alpha value is 0. The van der Waals surface area contributed by atoms with Gasteiger partial charge in [-0.2, -0.15) is 0 Å². The van der Waals surface area contributed by atoms with E-state index in [-0.39, 0.29) is 0 Å². The van der Waals surface area contributed by atoms with Gasteiger partial charge in [-0.05, 0) is 24.7 Å². The largest absolute Gasteiger partial charge is 0.0533 e. The van der Waals surface area contributed by atoms with Crippen LogP contribution in [0.5, 0.6) is 0 Å². The highest BCUT2D eigenvalue weighted by Gasteiger charge is 2.17. The molecule has 0 amide bonds. The van der Waals surface area contributed by atoms with Crippen molar-refractivity contribution in [3.63, 3.8) is 0 Å². The lowest BCUT2D eigenvalue weighted by Gasteiger charge is -2.23. The number of rotatable bonds is 3. The molecule has 2 aliphatic rings. The third kappa shape index (κ3) is 4.17. The van der Waals surface area contributed by atoms with E-state index in [2.05, 4.69) is 6.42 Å². The molecule has 0 aliphatic heterocycles. The molecule has 0 aromatic carbocycles. The predicted molar refractivity (Wildman–Crippen MR) is 66.7 cm³/mol. The summed E-state index contributed by atoms with van der Waals surface area (Å²) < 4.78 is 0. The van der Waals surface area contributed by atoms with Crippen molar-refractivity contribution in [1.82, 2.24) is 0 Å². The van der Waals surface area contributed by atoms with Crippen LogP contribution in [0.1, 0.15) is 77.0 Å². The lowest BCUT2D eigenvalue weighted by Crippen LogP contribution is -2.09. The van der Waals surface area contributed by atoms with Crippen molar-refractivity contribution >= 4 is 0 Å². The summed E-state index contributed by atoms with van der Waals surface area (Å²) in [5, 5.41) is 0. The van der Waals surface area contributed by atoms with Gasteiger partial charge in [0.2, 0.25) is 0 Å². The highest BCUT2D eigenvalue weighted by molar-refractivity contribution is 4.82. The van der Waals surface area contributed by atoms with E-state index in [0.29, 0.717) is 0 Å². The van der Waals surface area contributed by atoms with Gasteiger partial charge < -0.3 is 0 Å². The van der Waals surface area contributed by atoms with Gasteiger partial charge in [-0.1, -0.05) is 70.6 Å². The number of hydrogen-bond acceptors (Lipinski definition) is 0. The second-order valence-electron chi connectivity index (χ2n) is 5.73. The minimum absolute atomic E-state index is 0.981. The molecule has 0 unspecified atom stereocenters. The van der Waals surface area contributed by atoms with Gasteiger partial charge in [0, 0.05) is 0 Å². The smallest absolute Gasteiger partial charge is 0.0352 e. The average molecular weight is 207 g/mol. The summed E-state index contributed by atoms with van der Waals surface area (Å²) >= 11 is 0. The molecular formula is C15H27. The minimum Gasteiger partial charge on any atom is -0.0533 e. The lowest BCUT2D eigenvalue weighted by molar-refractivity contribution is 0.338. The Kier molecular flexibility index (Phi) is 5.02. The first-order chi connectivity index (χ1) is 7.45. The van der Waals surface area contributed by atoms with Gasteiger partial charge in [0.05, 0.1) is 0 Å². The molecule has 1 radical (unpaired) electrons. The standard InChI is InChI=1S/C15H27/c1-2-5-9-14(8-4-1)12-13-15-10-6-3-7-11-15/h12,14-15H,1-11,13H2. The van der Waals surface area contributed by atoms with Crippen molar-refractivity contribution in [2.75, 3.05) is 0 Å². The summed E-state index contributed by atoms with van der Waals surface area (Å²) in [4.78, 5) is 0. The first-order valence-corrected chi connectivity index (χ1v) is 7.28. The summed E-state index contributed by atoms with van der Waals surface area (Å²) in [5.41, 5.74) is 0. The molecule has 0 bridgehead atoms. The van der Waals surface area contributed by atoms with Crippen LogP contribution in [0.3, 0.4) is 0 Å². The summed E-state index contributed by atoms with van der Waals surface area (Å²) in [7, 11) is 0. The molecule has 0 nitrogen and oxygen atoms in total. The van der Waals surface area contributed by atoms with Crippen LogP contribution in [-0.4, -0.2) is 0 Å². The minimum atomic E-state index is 0.981. The third-order valence-corrected chi connectivity index (χ3v) is 4.43. The first-order valence-electron chi connectivity index (χ1n) is 7.28. The maximum atomic E-state index is 2.70. The third-order valence-electron chi connectivity index (χ3n) is 4.43. The van der Waals surface area contributed by atoms with Crippen molar-refractivity contribution in [2.45, 2.75) is 77.0 Å². The van der Waals surface area contributed by atoms with Gasteiger partial charge in [0.1, 0.15) is 0 Å². The normalized spacial score (nSPS) is 26.4. The number of hydrogen-bond donors (Lipinski definition) is 0. The monoisotopic (exact) mass is 207 g/mol. The highest BCUT2D eigenvalue weighted by atomic mass is 14.2. The van der Waals surface area contributed by atoms with E-state index in [1.807, 2.05) is 0 Å². The molecule has 2 rings (SSSR count). The predicted octanol–water partition coefficient (Wildman–Crippen LogP) is 5.13. The van der Waals surface area contributed by atoms with Gasteiger partial charge >= 0.3 is 0 Å². The fraction of sp³-hybridized carbons (Fsp3) is 0.933. The highest BCUT2D eigenvalue weighted by Crippen LogP contribution is 2.31. The Morgan fingerprint density at radius 3 is 1.87 bits per heavy atom. The SMILES string of the molecule is [CH](CC1CCCCC1)C1CCCCCC1. The zero-order chi connectivity index (χ0) is 10.3. The fourth-order valence-corrected chi connectivity index (χ4v) is 3.35. The van der Waals surface area contributed by atoms with Crippen molar-refractivity contribution in [3.05, 3.63) is 6.42 Å². The first kappa shape index (κ1) is 11.5. The molecule has 2 saturated carbocycles. The van der Waals surface area contributed by atoms with E-state index in [4.69, 9.17) is 0 Å². The van der Waals surface area contributed by atoms with Crippen LogP contribution >= 0.6 is 0 Å². The Morgan fingerprint density at radius 1 is 0.667 bits per heavy atom. The molecule has 0 saturated heterocycles. The molecule has 0 aromatic heterocycles. The van der Waals surface area contributed by atoms with E-state index < -0.39 is 0 Å². The molecule has 0 N–H and O–H groups in total. The molecule has 15 heavy (non-hydrogen) atoms. The van der Waals surface area contributed by atoms with Gasteiger partial charge in [-0.25, -0.2) is 0 Å². The quantitative estimate of drug-likeness (QED) is 0.563. The Morgan fingerprint density at radius 2 is 1.20 bits per heavy atom. The van der Waals surface area contributed by atoms with Crippen molar-refractivity contribution in [2.24, 2.45) is 11.8 Å². The molecule has 0 aromatic rings. The van der Waals surface area contributed by atoms with E-state index in [9.17, 15) is 0 Å². The summed E-state index contributed by atoms with van der Waals surface area (Å²) in [6.45, 7) is 0. The van der Waals surface area contributed by atoms with Crippen LogP contribution in [0.15, 0.2) is 0 Å². The maximum Gasteiger partial charge on any atom is -0.0352 e. The zero-order valence-electron chi connectivity index (χ0n) is 10.2. The van der Waals surface area contributed by atoms with Crippen LogP contribution in [0.4, 0.5) is 0 Å². The fourth-order valence-electron chi connectivity index (χ4n) is 3.35. The van der Waals surface area contributed by atoms with Crippen LogP contribution in [0.2, 0.25) is 0 Å². The zero-order valence-corrected chi connectivity index (χ0v) is 10.2. The summed E-state index contributed by atoms with van der Waals surface area (Å²) in [6.07, 6.45) is 20.6. The van der Waals surface area contributed by atoms with E-state index in [1.54, 1.807) is 0 Å². The topological polar surface area (TPSA) is 0 Å². The van der Waals surface area contributed by atoms with Gasteiger partial charge in [0.15, 0.2) is 0 Å². The van der Waals surface area contributed by atoms with Crippen LogP contribution in [0.25, 0.3) is 0 Å². The second kappa shape index (κ2) is 6.55. The second-order valence-corrected chi connectivity index (χ2v) is 5.73. The molecular weight excluding hydrogens is 180 g/mol. The molecule has 87 valence electrons. The molecule has 0 atom stereocenters. The van der Waals surface area contributed by atoms with Gasteiger partial charge in [-0.3, -0.25) is 0 Å². The molecule has 0 heteroatoms. The van der Waals surface area contributed by atoms with E-state index >= 15 is 0 Å². The van der Waals surface area contributed by atoms with Crippen LogP contribution in [-0.2, 0) is 0 Å². The Bertz CT molecular complexity index is 147. The molecule has 0 spiro atoms. The maximum absolute atomic E-state index is 2.70. The summed E-state index contributed by atoms with van der Waals surface area (Å²) in [5.74, 6) is 2.04. The molecule has 0 heterocycles. The average Bonchev–Trinajstić information content (AvgIpc) is 2.56. The molecule has 2 aliphatic carbocycles.